The molecule has 70 valence electrons. The van der Waals surface area contributed by atoms with E-state index < -0.39 is 12.0 Å². The Morgan fingerprint density at radius 2 is 2.46 bits per heavy atom. The van der Waals surface area contributed by atoms with Gasteiger partial charge in [-0.15, -0.1) is 11.8 Å². The van der Waals surface area contributed by atoms with Crippen molar-refractivity contribution in [1.82, 2.24) is 4.90 Å². The molecule has 5 nitrogen and oxygen atoms in total. The molecule has 13 heavy (non-hydrogen) atoms. The molecule has 0 aromatic rings. The van der Waals surface area contributed by atoms with Crippen LogP contribution in [0.1, 0.15) is 0 Å². The average Bonchev–Trinajstić information content (AvgIpc) is 2.15. The number of carbonyl (C=O) groups excluding carboxylic acids is 1. The first-order chi connectivity index (χ1) is 6.13. The first kappa shape index (κ1) is 8.58. The molecule has 3 N–H and O–H groups in total. The average molecular weight is 200 g/mol. The van der Waals surface area contributed by atoms with Crippen LogP contribution in [0, 0.1) is 0 Å². The SMILES string of the molecule is N[C@@H]1C(=O)N2C(C(=O)O)=CCSC12. The number of rotatable bonds is 1. The number of aliphatic carboxylic acids is 1. The van der Waals surface area contributed by atoms with Gasteiger partial charge in [0.15, 0.2) is 0 Å². The van der Waals surface area contributed by atoms with Crippen LogP contribution >= 0.6 is 11.8 Å². The summed E-state index contributed by atoms with van der Waals surface area (Å²) in [6, 6.07) is -0.534. The number of carboxylic acids is 1. The maximum absolute atomic E-state index is 11.2. The van der Waals surface area contributed by atoms with Gasteiger partial charge in [-0.05, 0) is 6.08 Å². The van der Waals surface area contributed by atoms with E-state index in [0.29, 0.717) is 5.75 Å². The molecular weight excluding hydrogens is 192 g/mol. The highest BCUT2D eigenvalue weighted by Gasteiger charge is 2.49. The molecule has 2 heterocycles. The number of thioether (sulfide) groups is 1. The standard InChI is InChI=1S/C7H8N2O3S/c8-4-5(10)9-3(7(11)12)1-2-13-6(4)9/h1,4,6H,2,8H2,(H,11,12)/t4-,6?/m1/s1. The van der Waals surface area contributed by atoms with Gasteiger partial charge < -0.3 is 10.8 Å². The Labute approximate surface area is 78.6 Å². The van der Waals surface area contributed by atoms with Gasteiger partial charge in [-0.25, -0.2) is 4.79 Å². The summed E-state index contributed by atoms with van der Waals surface area (Å²) in [6.07, 6.45) is 1.54. The molecule has 0 saturated carbocycles. The number of nitrogens with two attached hydrogens (primary N) is 1. The summed E-state index contributed by atoms with van der Waals surface area (Å²) in [7, 11) is 0. The minimum atomic E-state index is -1.06. The predicted octanol–water partition coefficient (Wildman–Crippen LogP) is -0.803. The van der Waals surface area contributed by atoms with E-state index in [2.05, 4.69) is 0 Å². The normalized spacial score (nSPS) is 31.9. The van der Waals surface area contributed by atoms with E-state index in [1.165, 1.54) is 22.7 Å². The van der Waals surface area contributed by atoms with Crippen molar-refractivity contribution < 1.29 is 14.7 Å². The lowest BCUT2D eigenvalue weighted by molar-refractivity contribution is -0.147. The first-order valence-electron chi connectivity index (χ1n) is 3.76. The van der Waals surface area contributed by atoms with Gasteiger partial charge in [-0.1, -0.05) is 0 Å². The van der Waals surface area contributed by atoms with E-state index in [1.54, 1.807) is 0 Å². The maximum atomic E-state index is 11.2. The zero-order valence-corrected chi connectivity index (χ0v) is 7.45. The Kier molecular flexibility index (Phi) is 1.81. The van der Waals surface area contributed by atoms with E-state index in [1.807, 2.05) is 0 Å². The van der Waals surface area contributed by atoms with Crippen LogP contribution in [-0.4, -0.2) is 39.1 Å². The summed E-state index contributed by atoms with van der Waals surface area (Å²) in [6.45, 7) is 0. The van der Waals surface area contributed by atoms with Crippen LogP contribution in [0.4, 0.5) is 0 Å². The molecule has 1 unspecified atom stereocenters. The number of fused-ring (bicyclic) bond motifs is 1. The molecule has 0 aliphatic carbocycles. The molecule has 0 aromatic carbocycles. The number of hydrogen-bond acceptors (Lipinski definition) is 4. The lowest BCUT2D eigenvalue weighted by Crippen LogP contribution is -2.68. The molecule has 2 aliphatic heterocycles. The van der Waals surface area contributed by atoms with Crippen LogP contribution in [0.2, 0.25) is 0 Å². The minimum absolute atomic E-state index is 0.0652. The van der Waals surface area contributed by atoms with Crippen molar-refractivity contribution in [3.63, 3.8) is 0 Å². The van der Waals surface area contributed by atoms with Gasteiger partial charge in [0.25, 0.3) is 0 Å². The fourth-order valence-corrected chi connectivity index (χ4v) is 2.58. The van der Waals surface area contributed by atoms with E-state index in [9.17, 15) is 9.59 Å². The second kappa shape index (κ2) is 2.74. The quantitative estimate of drug-likeness (QED) is 0.541. The summed E-state index contributed by atoms with van der Waals surface area (Å²) in [5.41, 5.74) is 5.57. The summed E-state index contributed by atoms with van der Waals surface area (Å²) in [5.74, 6) is -0.763. The third-order valence-electron chi connectivity index (χ3n) is 2.11. The van der Waals surface area contributed by atoms with Crippen molar-refractivity contribution in [2.24, 2.45) is 5.73 Å². The molecule has 1 saturated heterocycles. The van der Waals surface area contributed by atoms with Crippen LogP contribution < -0.4 is 5.73 Å². The molecule has 1 amide bonds. The number of carbonyl (C=O) groups is 2. The monoisotopic (exact) mass is 200 g/mol. The largest absolute Gasteiger partial charge is 0.477 e. The van der Waals surface area contributed by atoms with Crippen LogP contribution in [0.25, 0.3) is 0 Å². The minimum Gasteiger partial charge on any atom is -0.477 e. The van der Waals surface area contributed by atoms with Crippen molar-refractivity contribution in [3.05, 3.63) is 11.8 Å². The zero-order valence-electron chi connectivity index (χ0n) is 6.64. The number of hydrogen-bond donors (Lipinski definition) is 2. The Morgan fingerprint density at radius 1 is 1.77 bits per heavy atom. The van der Waals surface area contributed by atoms with Gasteiger partial charge in [0, 0.05) is 5.75 Å². The number of β-lactam (4-membered cyclic amide) rings is 1. The highest BCUT2D eigenvalue weighted by molar-refractivity contribution is 8.00. The van der Waals surface area contributed by atoms with Crippen molar-refractivity contribution >= 4 is 23.6 Å². The predicted molar refractivity (Wildman–Crippen MR) is 46.8 cm³/mol. The summed E-state index contributed by atoms with van der Waals surface area (Å²) in [5, 5.41) is 8.57. The lowest BCUT2D eigenvalue weighted by Gasteiger charge is -2.46. The van der Waals surface area contributed by atoms with Crippen LogP contribution in [0.15, 0.2) is 11.8 Å². The van der Waals surface area contributed by atoms with E-state index in [4.69, 9.17) is 10.8 Å². The topological polar surface area (TPSA) is 83.6 Å². The summed E-state index contributed by atoms with van der Waals surface area (Å²) >= 11 is 1.49. The molecule has 2 aliphatic rings. The first-order valence-corrected chi connectivity index (χ1v) is 4.81. The van der Waals surface area contributed by atoms with Gasteiger partial charge in [-0.3, -0.25) is 9.69 Å². The van der Waals surface area contributed by atoms with Crippen LogP contribution in [0.5, 0.6) is 0 Å². The molecule has 0 bridgehead atoms. The third kappa shape index (κ3) is 1.06. The number of nitrogens with zero attached hydrogens (tertiary/aromatic N) is 1. The molecule has 0 spiro atoms. The molecule has 0 aromatic heterocycles. The molecule has 6 heteroatoms. The second-order valence-electron chi connectivity index (χ2n) is 2.85. The Balaban J connectivity index is 2.27. The van der Waals surface area contributed by atoms with Gasteiger partial charge in [-0.2, -0.15) is 0 Å². The van der Waals surface area contributed by atoms with Crippen molar-refractivity contribution in [2.45, 2.75) is 11.4 Å². The third-order valence-corrected chi connectivity index (χ3v) is 3.31. The van der Waals surface area contributed by atoms with E-state index in [0.717, 1.165) is 0 Å². The highest BCUT2D eigenvalue weighted by Crippen LogP contribution is 2.36. The van der Waals surface area contributed by atoms with Gasteiger partial charge in [0.2, 0.25) is 5.91 Å². The van der Waals surface area contributed by atoms with E-state index in [-0.39, 0.29) is 17.0 Å². The fraction of sp³-hybridized carbons (Fsp3) is 0.429. The molecule has 2 rings (SSSR count). The Hall–Kier alpha value is -1.01. The molecule has 2 atom stereocenters. The molecular formula is C7H8N2O3S. The zero-order chi connectivity index (χ0) is 9.59. The van der Waals surface area contributed by atoms with Crippen LogP contribution in [-0.2, 0) is 9.59 Å². The summed E-state index contributed by atoms with van der Waals surface area (Å²) in [4.78, 5) is 23.1. The highest BCUT2D eigenvalue weighted by atomic mass is 32.2. The summed E-state index contributed by atoms with van der Waals surface area (Å²) < 4.78 is 0. The Bertz CT molecular complexity index is 315. The van der Waals surface area contributed by atoms with Crippen molar-refractivity contribution in [1.29, 1.82) is 0 Å². The number of carboxylic acid groups (broad SMARTS) is 1. The smallest absolute Gasteiger partial charge is 0.352 e. The van der Waals surface area contributed by atoms with Gasteiger partial charge in [0.1, 0.15) is 17.1 Å². The fourth-order valence-electron chi connectivity index (χ4n) is 1.43. The van der Waals surface area contributed by atoms with Crippen LogP contribution in [0.3, 0.4) is 0 Å². The number of amides is 1. The second-order valence-corrected chi connectivity index (χ2v) is 4.00. The van der Waals surface area contributed by atoms with Crippen molar-refractivity contribution in [3.8, 4) is 0 Å². The van der Waals surface area contributed by atoms with E-state index >= 15 is 0 Å². The Morgan fingerprint density at radius 3 is 3.08 bits per heavy atom. The molecule has 0 radical (unpaired) electrons. The van der Waals surface area contributed by atoms with Gasteiger partial charge in [0.05, 0.1) is 0 Å². The van der Waals surface area contributed by atoms with Crippen molar-refractivity contribution in [2.75, 3.05) is 5.75 Å². The lowest BCUT2D eigenvalue weighted by atomic mass is 10.1. The maximum Gasteiger partial charge on any atom is 0.352 e. The van der Waals surface area contributed by atoms with Gasteiger partial charge >= 0.3 is 5.97 Å². The molecule has 1 fully saturated rings.